The van der Waals surface area contributed by atoms with Crippen LogP contribution in [0, 0.1) is 5.92 Å². The Kier molecular flexibility index (Phi) is 6.12. The molecule has 104 valence electrons. The van der Waals surface area contributed by atoms with Crippen LogP contribution in [0.2, 0.25) is 0 Å². The summed E-state index contributed by atoms with van der Waals surface area (Å²) in [5.74, 6) is -0.289. The molecule has 0 aliphatic heterocycles. The van der Waals surface area contributed by atoms with E-state index >= 15 is 0 Å². The van der Waals surface area contributed by atoms with Crippen LogP contribution < -0.4 is 16.8 Å². The first kappa shape index (κ1) is 15.0. The second-order valence-corrected chi connectivity index (χ2v) is 5.33. The fourth-order valence-electron chi connectivity index (χ4n) is 2.57. The summed E-state index contributed by atoms with van der Waals surface area (Å²) in [7, 11) is 0. The first-order chi connectivity index (χ1) is 8.50. The van der Waals surface area contributed by atoms with Crippen LogP contribution in [0.5, 0.6) is 0 Å². The number of amides is 2. The second kappa shape index (κ2) is 7.36. The number of carbonyl (C=O) groups is 2. The van der Waals surface area contributed by atoms with Crippen LogP contribution in [0.15, 0.2) is 0 Å². The van der Waals surface area contributed by atoms with Gasteiger partial charge in [0.25, 0.3) is 0 Å². The molecular formula is C13H25N3O2. The van der Waals surface area contributed by atoms with Gasteiger partial charge in [-0.2, -0.15) is 0 Å². The SMILES string of the molecule is C[C@H](NC(=O)C(N)CC(N)=O)C1CCCCCC1. The van der Waals surface area contributed by atoms with Gasteiger partial charge in [0.2, 0.25) is 11.8 Å². The topological polar surface area (TPSA) is 98.2 Å². The minimum atomic E-state index is -0.823. The van der Waals surface area contributed by atoms with E-state index < -0.39 is 11.9 Å². The molecule has 2 amide bonds. The van der Waals surface area contributed by atoms with E-state index in [0.717, 1.165) is 12.8 Å². The molecule has 1 unspecified atom stereocenters. The van der Waals surface area contributed by atoms with Crippen molar-refractivity contribution in [3.8, 4) is 0 Å². The van der Waals surface area contributed by atoms with E-state index in [-0.39, 0.29) is 18.4 Å². The molecule has 0 aromatic heterocycles. The lowest BCUT2D eigenvalue weighted by molar-refractivity contribution is -0.127. The third kappa shape index (κ3) is 5.04. The average Bonchev–Trinajstić information content (AvgIpc) is 2.56. The van der Waals surface area contributed by atoms with Crippen molar-refractivity contribution < 1.29 is 9.59 Å². The van der Waals surface area contributed by atoms with Crippen LogP contribution in [0.1, 0.15) is 51.9 Å². The van der Waals surface area contributed by atoms with Gasteiger partial charge in [0.15, 0.2) is 0 Å². The number of nitrogens with two attached hydrogens (primary N) is 2. The zero-order valence-corrected chi connectivity index (χ0v) is 11.2. The van der Waals surface area contributed by atoms with Crippen molar-refractivity contribution in [1.29, 1.82) is 0 Å². The normalized spacial score (nSPS) is 20.8. The molecule has 1 rings (SSSR count). The Balaban J connectivity index is 2.39. The molecule has 1 fully saturated rings. The predicted molar refractivity (Wildman–Crippen MR) is 70.6 cm³/mol. The summed E-state index contributed by atoms with van der Waals surface area (Å²) in [6, 6.07) is -0.703. The highest BCUT2D eigenvalue weighted by Crippen LogP contribution is 2.25. The lowest BCUT2D eigenvalue weighted by Gasteiger charge is -2.24. The number of hydrogen-bond donors (Lipinski definition) is 3. The van der Waals surface area contributed by atoms with Crippen molar-refractivity contribution >= 4 is 11.8 Å². The number of primary amides is 1. The van der Waals surface area contributed by atoms with E-state index in [1.54, 1.807) is 0 Å². The van der Waals surface area contributed by atoms with E-state index in [2.05, 4.69) is 5.32 Å². The van der Waals surface area contributed by atoms with E-state index in [1.807, 2.05) is 6.92 Å². The summed E-state index contributed by atoms with van der Waals surface area (Å²) in [6.07, 6.45) is 7.27. The van der Waals surface area contributed by atoms with Crippen LogP contribution in [0.25, 0.3) is 0 Å². The quantitative estimate of drug-likeness (QED) is 0.629. The molecule has 0 aromatic rings. The van der Waals surface area contributed by atoms with Crippen molar-refractivity contribution in [2.75, 3.05) is 0 Å². The van der Waals surface area contributed by atoms with Gasteiger partial charge >= 0.3 is 0 Å². The predicted octanol–water partition coefficient (Wildman–Crippen LogP) is 0.664. The molecule has 5 nitrogen and oxygen atoms in total. The Labute approximate surface area is 109 Å². The molecule has 2 atom stereocenters. The van der Waals surface area contributed by atoms with E-state index in [1.165, 1.54) is 25.7 Å². The zero-order valence-electron chi connectivity index (χ0n) is 11.2. The number of rotatable bonds is 5. The Morgan fingerprint density at radius 3 is 2.28 bits per heavy atom. The van der Waals surface area contributed by atoms with Gasteiger partial charge in [-0.3, -0.25) is 9.59 Å². The van der Waals surface area contributed by atoms with Crippen LogP contribution in [0.4, 0.5) is 0 Å². The maximum Gasteiger partial charge on any atom is 0.237 e. The van der Waals surface area contributed by atoms with Gasteiger partial charge in [-0.15, -0.1) is 0 Å². The molecule has 5 heteroatoms. The third-order valence-electron chi connectivity index (χ3n) is 3.73. The van der Waals surface area contributed by atoms with E-state index in [0.29, 0.717) is 5.92 Å². The maximum atomic E-state index is 11.8. The van der Waals surface area contributed by atoms with Crippen LogP contribution in [-0.4, -0.2) is 23.9 Å². The minimum absolute atomic E-state index is 0.0940. The third-order valence-corrected chi connectivity index (χ3v) is 3.73. The van der Waals surface area contributed by atoms with Crippen molar-refractivity contribution in [3.05, 3.63) is 0 Å². The number of nitrogens with one attached hydrogen (secondary N) is 1. The zero-order chi connectivity index (χ0) is 13.5. The van der Waals surface area contributed by atoms with Gasteiger partial charge in [-0.25, -0.2) is 0 Å². The van der Waals surface area contributed by atoms with Gasteiger partial charge in [-0.05, 0) is 25.7 Å². The highest BCUT2D eigenvalue weighted by atomic mass is 16.2. The summed E-state index contributed by atoms with van der Waals surface area (Å²) < 4.78 is 0. The second-order valence-electron chi connectivity index (χ2n) is 5.33. The van der Waals surface area contributed by atoms with Gasteiger partial charge in [0.1, 0.15) is 0 Å². The average molecular weight is 255 g/mol. The van der Waals surface area contributed by atoms with Crippen LogP contribution in [-0.2, 0) is 9.59 Å². The fourth-order valence-corrected chi connectivity index (χ4v) is 2.57. The summed E-state index contributed by atoms with van der Waals surface area (Å²) in [4.78, 5) is 22.5. The molecule has 1 aliphatic carbocycles. The van der Waals surface area contributed by atoms with E-state index in [9.17, 15) is 9.59 Å². The standard InChI is InChI=1S/C13H25N3O2/c1-9(10-6-4-2-3-5-7-10)16-13(18)11(14)8-12(15)17/h9-11H,2-8,14H2,1H3,(H2,15,17)(H,16,18)/t9-,11?/m0/s1. The molecular weight excluding hydrogens is 230 g/mol. The number of carbonyl (C=O) groups excluding carboxylic acids is 2. The molecule has 0 aromatic carbocycles. The van der Waals surface area contributed by atoms with Crippen LogP contribution >= 0.6 is 0 Å². The molecule has 1 aliphatic rings. The molecule has 0 saturated heterocycles. The van der Waals surface area contributed by atoms with Gasteiger partial charge in [0.05, 0.1) is 12.5 Å². The monoisotopic (exact) mass is 255 g/mol. The molecule has 0 radical (unpaired) electrons. The first-order valence-electron chi connectivity index (χ1n) is 6.85. The van der Waals surface area contributed by atoms with Gasteiger partial charge in [0, 0.05) is 6.04 Å². The molecule has 5 N–H and O–H groups in total. The fraction of sp³-hybridized carbons (Fsp3) is 0.846. The number of hydrogen-bond acceptors (Lipinski definition) is 3. The summed E-state index contributed by atoms with van der Waals surface area (Å²) in [5, 5.41) is 2.91. The summed E-state index contributed by atoms with van der Waals surface area (Å²) in [6.45, 7) is 2.02. The highest BCUT2D eigenvalue weighted by Gasteiger charge is 2.23. The molecule has 18 heavy (non-hydrogen) atoms. The van der Waals surface area contributed by atoms with E-state index in [4.69, 9.17) is 11.5 Å². The van der Waals surface area contributed by atoms with Crippen molar-refractivity contribution in [3.63, 3.8) is 0 Å². The molecule has 0 bridgehead atoms. The molecule has 1 saturated carbocycles. The summed E-state index contributed by atoms with van der Waals surface area (Å²) >= 11 is 0. The Hall–Kier alpha value is -1.10. The lowest BCUT2D eigenvalue weighted by Crippen LogP contribution is -2.48. The smallest absolute Gasteiger partial charge is 0.237 e. The molecule has 0 heterocycles. The van der Waals surface area contributed by atoms with Gasteiger partial charge < -0.3 is 16.8 Å². The first-order valence-corrected chi connectivity index (χ1v) is 6.85. The largest absolute Gasteiger partial charge is 0.370 e. The lowest BCUT2D eigenvalue weighted by atomic mass is 9.93. The minimum Gasteiger partial charge on any atom is -0.370 e. The van der Waals surface area contributed by atoms with Crippen molar-refractivity contribution in [1.82, 2.24) is 5.32 Å². The van der Waals surface area contributed by atoms with Crippen molar-refractivity contribution in [2.45, 2.75) is 64.0 Å². The summed E-state index contributed by atoms with van der Waals surface area (Å²) in [5.41, 5.74) is 10.6. The van der Waals surface area contributed by atoms with Crippen LogP contribution in [0.3, 0.4) is 0 Å². The Morgan fingerprint density at radius 1 is 1.22 bits per heavy atom. The Morgan fingerprint density at radius 2 is 1.78 bits per heavy atom. The molecule has 0 spiro atoms. The maximum absolute atomic E-state index is 11.8. The Bertz CT molecular complexity index is 286. The van der Waals surface area contributed by atoms with Gasteiger partial charge in [-0.1, -0.05) is 25.7 Å². The highest BCUT2D eigenvalue weighted by molar-refractivity contribution is 5.87. The van der Waals surface area contributed by atoms with Crippen molar-refractivity contribution in [2.24, 2.45) is 17.4 Å².